The molecule has 0 unspecified atom stereocenters. The molecule has 1 aliphatic carbocycles. The second kappa shape index (κ2) is 7.43. The summed E-state index contributed by atoms with van der Waals surface area (Å²) >= 11 is 1.86. The van der Waals surface area contributed by atoms with Gasteiger partial charge in [-0.1, -0.05) is 33.6 Å². The molecule has 4 rings (SSSR count). The highest BCUT2D eigenvalue weighted by Gasteiger charge is 2.35. The number of aryl methyl sites for hydroxylation is 3. The molecule has 3 aromatic rings. The number of rotatable bonds is 5. The molecule has 3 heterocycles. The van der Waals surface area contributed by atoms with Crippen molar-refractivity contribution in [1.82, 2.24) is 15.2 Å². The predicted molar refractivity (Wildman–Crippen MR) is 115 cm³/mol. The lowest BCUT2D eigenvalue weighted by Gasteiger charge is -2.36. The number of nitrogens with zero attached hydrogens (tertiary/aromatic N) is 3. The average Bonchev–Trinajstić information content (AvgIpc) is 3.31. The van der Waals surface area contributed by atoms with Gasteiger partial charge >= 0.3 is 0 Å². The smallest absolute Gasteiger partial charge is 0.258 e. The van der Waals surface area contributed by atoms with Crippen molar-refractivity contribution in [3.63, 3.8) is 0 Å². The molecule has 0 saturated heterocycles. The van der Waals surface area contributed by atoms with E-state index in [1.807, 2.05) is 37.3 Å². The minimum absolute atomic E-state index is 0.460. The number of aromatic nitrogens is 3. The van der Waals surface area contributed by atoms with Crippen molar-refractivity contribution in [2.24, 2.45) is 5.41 Å². The lowest BCUT2D eigenvalue weighted by Crippen LogP contribution is -2.27. The van der Waals surface area contributed by atoms with E-state index in [1.165, 1.54) is 41.0 Å². The minimum Gasteiger partial charge on any atom is -0.415 e. The van der Waals surface area contributed by atoms with Crippen molar-refractivity contribution < 1.29 is 4.42 Å². The van der Waals surface area contributed by atoms with Crippen LogP contribution in [-0.2, 0) is 19.3 Å². The second-order valence-corrected chi connectivity index (χ2v) is 9.21. The molecular weight excluding hydrogens is 366 g/mol. The van der Waals surface area contributed by atoms with Crippen molar-refractivity contribution in [3.8, 4) is 22.2 Å². The molecule has 148 valence electrons. The normalized spacial score (nSPS) is 15.6. The largest absolute Gasteiger partial charge is 0.415 e. The van der Waals surface area contributed by atoms with Crippen LogP contribution in [0.4, 0.5) is 0 Å². The van der Waals surface area contributed by atoms with E-state index in [-0.39, 0.29) is 0 Å². The van der Waals surface area contributed by atoms with Gasteiger partial charge < -0.3 is 4.42 Å². The Balaban J connectivity index is 1.74. The maximum Gasteiger partial charge on any atom is 0.258 e. The Kier molecular flexibility index (Phi) is 5.13. The highest BCUT2D eigenvalue weighted by Crippen LogP contribution is 2.48. The van der Waals surface area contributed by atoms with E-state index in [0.29, 0.717) is 17.2 Å². The van der Waals surface area contributed by atoms with Crippen molar-refractivity contribution >= 4 is 11.3 Å². The Bertz CT molecular complexity index is 977. The average molecular weight is 396 g/mol. The molecule has 4 nitrogen and oxygen atoms in total. The number of fused-ring (bicyclic) bond motifs is 1. The first-order valence-electron chi connectivity index (χ1n) is 10.4. The van der Waals surface area contributed by atoms with Gasteiger partial charge in [-0.15, -0.1) is 21.5 Å². The van der Waals surface area contributed by atoms with Gasteiger partial charge in [-0.05, 0) is 68.2 Å². The van der Waals surface area contributed by atoms with Crippen LogP contribution in [0.2, 0.25) is 0 Å². The summed E-state index contributed by atoms with van der Waals surface area (Å²) in [6, 6.07) is 4.00. The molecule has 3 aromatic heterocycles. The molecule has 1 aliphatic rings. The summed E-state index contributed by atoms with van der Waals surface area (Å²) in [5.74, 6) is 1.25. The van der Waals surface area contributed by atoms with Crippen LogP contribution in [0.15, 0.2) is 16.5 Å². The summed E-state index contributed by atoms with van der Waals surface area (Å²) in [4.78, 5) is 7.12. The fraction of sp³-hybridized carbons (Fsp3) is 0.522. The monoisotopic (exact) mass is 395 g/mol. The zero-order valence-electron chi connectivity index (χ0n) is 17.6. The molecule has 0 spiro atoms. The third-order valence-corrected chi connectivity index (χ3v) is 7.83. The molecule has 28 heavy (non-hydrogen) atoms. The van der Waals surface area contributed by atoms with E-state index in [1.54, 1.807) is 5.56 Å². The van der Waals surface area contributed by atoms with Crippen LogP contribution in [0, 0.1) is 19.3 Å². The fourth-order valence-corrected chi connectivity index (χ4v) is 5.80. The van der Waals surface area contributed by atoms with E-state index >= 15 is 0 Å². The van der Waals surface area contributed by atoms with E-state index in [4.69, 9.17) is 4.42 Å². The van der Waals surface area contributed by atoms with Crippen LogP contribution in [0.1, 0.15) is 67.4 Å². The number of thiophene rings is 1. The second-order valence-electron chi connectivity index (χ2n) is 8.10. The van der Waals surface area contributed by atoms with E-state index < -0.39 is 0 Å². The predicted octanol–water partition coefficient (Wildman–Crippen LogP) is 6.33. The van der Waals surface area contributed by atoms with Crippen LogP contribution in [0.5, 0.6) is 0 Å². The lowest BCUT2D eigenvalue weighted by atomic mass is 9.68. The molecule has 0 bridgehead atoms. The van der Waals surface area contributed by atoms with Gasteiger partial charge in [0.2, 0.25) is 5.89 Å². The van der Waals surface area contributed by atoms with Crippen LogP contribution in [0.25, 0.3) is 22.2 Å². The first-order chi connectivity index (χ1) is 13.5. The summed E-state index contributed by atoms with van der Waals surface area (Å²) in [6.45, 7) is 10.9. The summed E-state index contributed by atoms with van der Waals surface area (Å²) in [5, 5.41) is 8.78. The van der Waals surface area contributed by atoms with E-state index in [0.717, 1.165) is 29.8 Å². The van der Waals surface area contributed by atoms with Crippen LogP contribution in [0.3, 0.4) is 0 Å². The molecule has 0 saturated carbocycles. The third-order valence-electron chi connectivity index (χ3n) is 6.43. The quantitative estimate of drug-likeness (QED) is 0.506. The van der Waals surface area contributed by atoms with Crippen molar-refractivity contribution in [1.29, 1.82) is 0 Å². The zero-order valence-corrected chi connectivity index (χ0v) is 18.4. The standard InChI is InChI=1S/C23H29N3OS/c1-6-19-18-13-23(7-2,8-3)10-9-17(18)20(28-19)22-26-25-21(27-22)16-11-14(4)24-15(5)12-16/h11-12H,6-10,13H2,1-5H3. The maximum atomic E-state index is 6.15. The number of hydrogen-bond acceptors (Lipinski definition) is 5. The summed E-state index contributed by atoms with van der Waals surface area (Å²) in [5.41, 5.74) is 6.35. The molecule has 0 aromatic carbocycles. The van der Waals surface area contributed by atoms with Gasteiger partial charge in [0, 0.05) is 21.8 Å². The minimum atomic E-state index is 0.460. The Morgan fingerprint density at radius 3 is 2.32 bits per heavy atom. The van der Waals surface area contributed by atoms with Gasteiger partial charge in [-0.3, -0.25) is 4.98 Å². The van der Waals surface area contributed by atoms with Gasteiger partial charge in [0.05, 0.1) is 4.88 Å². The number of pyridine rings is 1. The SMILES string of the molecule is CCc1sc(-c2nnc(-c3cc(C)nc(C)c3)o2)c2c1CC(CC)(CC)CC2. The summed E-state index contributed by atoms with van der Waals surface area (Å²) in [7, 11) is 0. The maximum absolute atomic E-state index is 6.15. The van der Waals surface area contributed by atoms with E-state index in [2.05, 4.69) is 36.0 Å². The first kappa shape index (κ1) is 19.3. The zero-order chi connectivity index (χ0) is 19.9. The highest BCUT2D eigenvalue weighted by molar-refractivity contribution is 7.15. The van der Waals surface area contributed by atoms with Crippen LogP contribution in [-0.4, -0.2) is 15.2 Å². The van der Waals surface area contributed by atoms with Gasteiger partial charge in [0.1, 0.15) is 0 Å². The lowest BCUT2D eigenvalue weighted by molar-refractivity contribution is 0.225. The summed E-state index contributed by atoms with van der Waals surface area (Å²) in [6.07, 6.45) is 7.14. The molecule has 0 aliphatic heterocycles. The van der Waals surface area contributed by atoms with Gasteiger partial charge in [-0.2, -0.15) is 0 Å². The van der Waals surface area contributed by atoms with Crippen LogP contribution >= 0.6 is 11.3 Å². The van der Waals surface area contributed by atoms with Crippen molar-refractivity contribution in [3.05, 3.63) is 39.5 Å². The molecule has 0 N–H and O–H groups in total. The Morgan fingerprint density at radius 1 is 1.00 bits per heavy atom. The number of hydrogen-bond donors (Lipinski definition) is 0. The Hall–Kier alpha value is -2.01. The van der Waals surface area contributed by atoms with Gasteiger partial charge in [0.15, 0.2) is 0 Å². The fourth-order valence-electron chi connectivity index (χ4n) is 4.58. The van der Waals surface area contributed by atoms with Crippen molar-refractivity contribution in [2.45, 2.75) is 73.1 Å². The first-order valence-corrected chi connectivity index (χ1v) is 11.2. The Labute approximate surface area is 171 Å². The Morgan fingerprint density at radius 2 is 1.68 bits per heavy atom. The van der Waals surface area contributed by atoms with Gasteiger partial charge in [0.25, 0.3) is 5.89 Å². The molecular formula is C23H29N3OS. The topological polar surface area (TPSA) is 51.8 Å². The summed E-state index contributed by atoms with van der Waals surface area (Å²) < 4.78 is 6.15. The molecule has 5 heteroatoms. The third kappa shape index (κ3) is 3.30. The molecule has 0 atom stereocenters. The molecule has 0 fully saturated rings. The van der Waals surface area contributed by atoms with Crippen LogP contribution < -0.4 is 0 Å². The molecule has 0 radical (unpaired) electrons. The highest BCUT2D eigenvalue weighted by atomic mass is 32.1. The van der Waals surface area contributed by atoms with Crippen molar-refractivity contribution in [2.75, 3.05) is 0 Å². The van der Waals surface area contributed by atoms with E-state index in [9.17, 15) is 0 Å². The van der Waals surface area contributed by atoms with Gasteiger partial charge in [-0.25, -0.2) is 0 Å². The molecule has 0 amide bonds.